The summed E-state index contributed by atoms with van der Waals surface area (Å²) in [7, 11) is 1.42. The molecule has 0 atom stereocenters. The number of unbranched alkanes of at least 4 members (excludes halogenated alkanes) is 4. The van der Waals surface area contributed by atoms with Crippen LogP contribution in [0.15, 0.2) is 24.3 Å². The number of ether oxygens (including phenoxy) is 1. The van der Waals surface area contributed by atoms with Gasteiger partial charge in [-0.05, 0) is 24.8 Å². The van der Waals surface area contributed by atoms with Crippen molar-refractivity contribution in [1.82, 2.24) is 0 Å². The number of esters is 1. The number of hydrogen-bond donors (Lipinski definition) is 0. The van der Waals surface area contributed by atoms with Gasteiger partial charge in [-0.2, -0.15) is 0 Å². The molecule has 0 aliphatic heterocycles. The van der Waals surface area contributed by atoms with E-state index in [2.05, 4.69) is 11.7 Å². The van der Waals surface area contributed by atoms with E-state index in [4.69, 9.17) is 0 Å². The lowest BCUT2D eigenvalue weighted by atomic mass is 10.0. The summed E-state index contributed by atoms with van der Waals surface area (Å²) in [5.74, 6) is 0.0907. The van der Waals surface area contributed by atoms with Crippen molar-refractivity contribution in [1.29, 1.82) is 0 Å². The number of carbonyl (C=O) groups is 2. The molecule has 0 saturated carbocycles. The minimum Gasteiger partial charge on any atom is -0.469 e. The molecule has 0 spiro atoms. The SMILES string of the molecule is CCc1ccc(C(=O)CCCCCCCC(=O)OC)cc1. The molecule has 0 heterocycles. The molecule has 116 valence electrons. The predicted octanol–water partition coefficient (Wildman–Crippen LogP) is 4.34. The van der Waals surface area contributed by atoms with E-state index < -0.39 is 0 Å². The van der Waals surface area contributed by atoms with Crippen LogP contribution in [0.2, 0.25) is 0 Å². The van der Waals surface area contributed by atoms with Gasteiger partial charge in [0.05, 0.1) is 7.11 Å². The zero-order chi connectivity index (χ0) is 15.5. The fourth-order valence-electron chi connectivity index (χ4n) is 2.26. The maximum Gasteiger partial charge on any atom is 0.305 e. The van der Waals surface area contributed by atoms with Crippen molar-refractivity contribution >= 4 is 11.8 Å². The van der Waals surface area contributed by atoms with Crippen molar-refractivity contribution in [3.63, 3.8) is 0 Å². The molecule has 1 aromatic rings. The number of benzene rings is 1. The first-order chi connectivity index (χ1) is 10.2. The molecule has 0 unspecified atom stereocenters. The largest absolute Gasteiger partial charge is 0.469 e. The van der Waals surface area contributed by atoms with Crippen LogP contribution < -0.4 is 0 Å². The van der Waals surface area contributed by atoms with E-state index in [0.717, 1.165) is 44.1 Å². The maximum atomic E-state index is 12.0. The molecule has 0 radical (unpaired) electrons. The average Bonchev–Trinajstić information content (AvgIpc) is 2.53. The highest BCUT2D eigenvalue weighted by Crippen LogP contribution is 2.12. The third-order valence-electron chi connectivity index (χ3n) is 3.70. The van der Waals surface area contributed by atoms with Crippen LogP contribution >= 0.6 is 0 Å². The van der Waals surface area contributed by atoms with Crippen molar-refractivity contribution in [3.05, 3.63) is 35.4 Å². The molecule has 1 rings (SSSR count). The summed E-state index contributed by atoms with van der Waals surface area (Å²) in [4.78, 5) is 22.9. The lowest BCUT2D eigenvalue weighted by Crippen LogP contribution is -2.00. The van der Waals surface area contributed by atoms with Crippen LogP contribution in [0, 0.1) is 0 Å². The Hall–Kier alpha value is -1.64. The highest BCUT2D eigenvalue weighted by Gasteiger charge is 2.05. The van der Waals surface area contributed by atoms with Crippen LogP contribution in [-0.2, 0) is 16.0 Å². The Morgan fingerprint density at radius 1 is 0.905 bits per heavy atom. The fraction of sp³-hybridized carbons (Fsp3) is 0.556. The monoisotopic (exact) mass is 290 g/mol. The van der Waals surface area contributed by atoms with Crippen LogP contribution in [0.1, 0.15) is 67.8 Å². The second kappa shape index (κ2) is 10.1. The molecular formula is C18H26O3. The first-order valence-corrected chi connectivity index (χ1v) is 7.86. The Bertz CT molecular complexity index is 434. The Balaban J connectivity index is 2.11. The highest BCUT2D eigenvalue weighted by atomic mass is 16.5. The molecular weight excluding hydrogens is 264 g/mol. The van der Waals surface area contributed by atoms with E-state index in [1.807, 2.05) is 24.3 Å². The van der Waals surface area contributed by atoms with Crippen LogP contribution in [-0.4, -0.2) is 18.9 Å². The number of aryl methyl sites for hydroxylation is 1. The number of ketones is 1. The summed E-state index contributed by atoms with van der Waals surface area (Å²) in [6.07, 6.45) is 7.04. The molecule has 0 N–H and O–H groups in total. The summed E-state index contributed by atoms with van der Waals surface area (Å²) < 4.78 is 4.59. The van der Waals surface area contributed by atoms with Gasteiger partial charge < -0.3 is 4.74 Å². The number of rotatable bonds is 10. The average molecular weight is 290 g/mol. The molecule has 0 aromatic heterocycles. The van der Waals surface area contributed by atoms with E-state index in [9.17, 15) is 9.59 Å². The molecule has 0 aliphatic carbocycles. The standard InChI is InChI=1S/C18H26O3/c1-3-15-11-13-16(14-12-15)17(19)9-7-5-4-6-8-10-18(20)21-2/h11-14H,3-10H2,1-2H3. The summed E-state index contributed by atoms with van der Waals surface area (Å²) in [6.45, 7) is 2.11. The zero-order valence-corrected chi connectivity index (χ0v) is 13.2. The van der Waals surface area contributed by atoms with Gasteiger partial charge in [-0.1, -0.05) is 50.5 Å². The van der Waals surface area contributed by atoms with Gasteiger partial charge in [0.25, 0.3) is 0 Å². The van der Waals surface area contributed by atoms with Crippen LogP contribution in [0.25, 0.3) is 0 Å². The Morgan fingerprint density at radius 2 is 1.48 bits per heavy atom. The normalized spacial score (nSPS) is 10.4. The Kier molecular flexibility index (Phi) is 8.41. The van der Waals surface area contributed by atoms with Crippen LogP contribution in [0.5, 0.6) is 0 Å². The lowest BCUT2D eigenvalue weighted by molar-refractivity contribution is -0.140. The van der Waals surface area contributed by atoms with E-state index in [1.54, 1.807) is 0 Å². The molecule has 0 bridgehead atoms. The first-order valence-electron chi connectivity index (χ1n) is 7.86. The second-order valence-corrected chi connectivity index (χ2v) is 5.32. The molecule has 21 heavy (non-hydrogen) atoms. The molecule has 0 aliphatic rings. The van der Waals surface area contributed by atoms with Gasteiger partial charge in [-0.15, -0.1) is 0 Å². The Morgan fingerprint density at radius 3 is 2.05 bits per heavy atom. The second-order valence-electron chi connectivity index (χ2n) is 5.32. The number of carbonyl (C=O) groups excluding carboxylic acids is 2. The lowest BCUT2D eigenvalue weighted by Gasteiger charge is -2.03. The van der Waals surface area contributed by atoms with E-state index in [0.29, 0.717) is 12.8 Å². The van der Waals surface area contributed by atoms with Crippen molar-refractivity contribution in [2.75, 3.05) is 7.11 Å². The zero-order valence-electron chi connectivity index (χ0n) is 13.2. The van der Waals surface area contributed by atoms with Gasteiger partial charge in [0.15, 0.2) is 5.78 Å². The smallest absolute Gasteiger partial charge is 0.305 e. The third-order valence-corrected chi connectivity index (χ3v) is 3.70. The summed E-state index contributed by atoms with van der Waals surface area (Å²) in [6, 6.07) is 7.91. The third kappa shape index (κ3) is 7.07. The Labute approximate surface area is 127 Å². The van der Waals surface area contributed by atoms with Gasteiger partial charge in [0.1, 0.15) is 0 Å². The van der Waals surface area contributed by atoms with Gasteiger partial charge in [0.2, 0.25) is 0 Å². The van der Waals surface area contributed by atoms with E-state index in [-0.39, 0.29) is 11.8 Å². The molecule has 0 saturated heterocycles. The summed E-state index contributed by atoms with van der Waals surface area (Å²) in [5, 5.41) is 0. The molecule has 1 aromatic carbocycles. The minimum atomic E-state index is -0.138. The van der Waals surface area contributed by atoms with Crippen molar-refractivity contribution in [2.45, 2.75) is 58.3 Å². The molecule has 0 amide bonds. The summed E-state index contributed by atoms with van der Waals surface area (Å²) in [5.41, 5.74) is 2.08. The number of methoxy groups -OCH3 is 1. The van der Waals surface area contributed by atoms with Gasteiger partial charge in [0, 0.05) is 18.4 Å². The van der Waals surface area contributed by atoms with Crippen molar-refractivity contribution in [3.8, 4) is 0 Å². The van der Waals surface area contributed by atoms with E-state index in [1.165, 1.54) is 12.7 Å². The van der Waals surface area contributed by atoms with Crippen molar-refractivity contribution in [2.24, 2.45) is 0 Å². The van der Waals surface area contributed by atoms with Gasteiger partial charge >= 0.3 is 5.97 Å². The highest BCUT2D eigenvalue weighted by molar-refractivity contribution is 5.96. The number of hydrogen-bond acceptors (Lipinski definition) is 3. The van der Waals surface area contributed by atoms with Gasteiger partial charge in [-0.25, -0.2) is 0 Å². The quantitative estimate of drug-likeness (QED) is 0.366. The first kappa shape index (κ1) is 17.4. The molecule has 3 heteroatoms. The summed E-state index contributed by atoms with van der Waals surface area (Å²) >= 11 is 0. The predicted molar refractivity (Wildman–Crippen MR) is 84.5 cm³/mol. The van der Waals surface area contributed by atoms with E-state index >= 15 is 0 Å². The van der Waals surface area contributed by atoms with Gasteiger partial charge in [-0.3, -0.25) is 9.59 Å². The maximum absolute atomic E-state index is 12.0. The van der Waals surface area contributed by atoms with Crippen LogP contribution in [0.4, 0.5) is 0 Å². The van der Waals surface area contributed by atoms with Crippen molar-refractivity contribution < 1.29 is 14.3 Å². The minimum absolute atomic E-state index is 0.138. The van der Waals surface area contributed by atoms with Crippen LogP contribution in [0.3, 0.4) is 0 Å². The molecule has 0 fully saturated rings. The number of Topliss-reactive ketones (excluding diaryl/α,β-unsaturated/α-hetero) is 1. The fourth-order valence-corrected chi connectivity index (χ4v) is 2.26. The topological polar surface area (TPSA) is 43.4 Å². The molecule has 3 nitrogen and oxygen atoms in total.